The number of ether oxygens (including phenoxy) is 1. The van der Waals surface area contributed by atoms with Gasteiger partial charge in [0.1, 0.15) is 0 Å². The molecule has 0 aromatic carbocycles. The molecule has 124 valence electrons. The zero-order valence-corrected chi connectivity index (χ0v) is 14.3. The fourth-order valence-electron chi connectivity index (χ4n) is 1.71. The number of hydrogen-bond donors (Lipinski definition) is 2. The number of anilines is 1. The molecule has 1 rings (SSSR count). The summed E-state index contributed by atoms with van der Waals surface area (Å²) in [5.41, 5.74) is 5.36. The van der Waals surface area contributed by atoms with Crippen LogP contribution in [0, 0.1) is 0 Å². The van der Waals surface area contributed by atoms with Crippen LogP contribution in [0.4, 0.5) is 5.69 Å². The van der Waals surface area contributed by atoms with Crippen LogP contribution in [0.1, 0.15) is 27.2 Å². The third-order valence-electron chi connectivity index (χ3n) is 3.17. The summed E-state index contributed by atoms with van der Waals surface area (Å²) < 4.78 is 6.49. The molecular formula is C14H24N4O3S. The molecule has 1 atom stereocenters. The van der Waals surface area contributed by atoms with Gasteiger partial charge in [-0.2, -0.15) is 16.9 Å². The summed E-state index contributed by atoms with van der Waals surface area (Å²) in [6, 6.07) is -0.561. The Kier molecular flexibility index (Phi) is 6.89. The summed E-state index contributed by atoms with van der Waals surface area (Å²) in [4.78, 5) is 23.9. The van der Waals surface area contributed by atoms with Crippen LogP contribution in [0.25, 0.3) is 0 Å². The molecule has 0 radical (unpaired) electrons. The minimum atomic E-state index is -0.944. The summed E-state index contributed by atoms with van der Waals surface area (Å²) in [6.45, 7) is 5.46. The van der Waals surface area contributed by atoms with E-state index in [0.29, 0.717) is 18.7 Å². The van der Waals surface area contributed by atoms with Crippen LogP contribution in [-0.2, 0) is 19.9 Å². The number of nitrogens with two attached hydrogens (primary N) is 1. The molecule has 22 heavy (non-hydrogen) atoms. The van der Waals surface area contributed by atoms with Gasteiger partial charge in [0.25, 0.3) is 0 Å². The number of aromatic nitrogens is 2. The predicted molar refractivity (Wildman–Crippen MR) is 87.8 cm³/mol. The molecule has 0 saturated heterocycles. The van der Waals surface area contributed by atoms with Gasteiger partial charge in [0.2, 0.25) is 5.91 Å². The van der Waals surface area contributed by atoms with Gasteiger partial charge in [-0.1, -0.05) is 0 Å². The highest BCUT2D eigenvalue weighted by Crippen LogP contribution is 2.19. The molecule has 8 heteroatoms. The van der Waals surface area contributed by atoms with Crippen molar-refractivity contribution >= 4 is 29.3 Å². The fraction of sp³-hybridized carbons (Fsp3) is 0.643. The molecule has 1 aromatic rings. The first-order chi connectivity index (χ1) is 10.3. The predicted octanol–water partition coefficient (Wildman–Crippen LogP) is 1.20. The number of rotatable bonds is 8. The van der Waals surface area contributed by atoms with E-state index < -0.39 is 11.6 Å². The van der Waals surface area contributed by atoms with E-state index in [1.54, 1.807) is 38.7 Å². The summed E-state index contributed by atoms with van der Waals surface area (Å²) in [5.74, 6) is 0.180. The zero-order valence-electron chi connectivity index (χ0n) is 13.5. The Morgan fingerprint density at radius 3 is 2.82 bits per heavy atom. The maximum atomic E-state index is 11.9. The van der Waals surface area contributed by atoms with Gasteiger partial charge in [0.15, 0.2) is 5.54 Å². The molecule has 1 heterocycles. The quantitative estimate of drug-likeness (QED) is 0.696. The fourth-order valence-corrected chi connectivity index (χ4v) is 2.19. The number of amides is 1. The second-order valence-electron chi connectivity index (χ2n) is 5.33. The smallest absolute Gasteiger partial charge is 0.333 e. The third-order valence-corrected chi connectivity index (χ3v) is 3.81. The van der Waals surface area contributed by atoms with Crippen LogP contribution in [0.2, 0.25) is 0 Å². The van der Waals surface area contributed by atoms with Crippen molar-refractivity contribution in [2.75, 3.05) is 23.9 Å². The number of hydrogen-bond acceptors (Lipinski definition) is 6. The first kappa shape index (κ1) is 18.5. The van der Waals surface area contributed by atoms with E-state index in [1.165, 1.54) is 10.9 Å². The van der Waals surface area contributed by atoms with Gasteiger partial charge in [-0.25, -0.2) is 4.79 Å². The number of nitrogens with zero attached hydrogens (tertiary/aromatic N) is 2. The molecule has 7 nitrogen and oxygen atoms in total. The molecule has 0 fully saturated rings. The number of carbonyl (C=O) groups excluding carboxylic acids is 2. The average molecular weight is 328 g/mol. The average Bonchev–Trinajstić information content (AvgIpc) is 2.94. The lowest BCUT2D eigenvalue weighted by atomic mass is 10.1. The maximum Gasteiger partial charge on any atom is 0.333 e. The van der Waals surface area contributed by atoms with Gasteiger partial charge in [-0.3, -0.25) is 9.48 Å². The second kappa shape index (κ2) is 8.19. The van der Waals surface area contributed by atoms with Crippen molar-refractivity contribution in [1.82, 2.24) is 9.78 Å². The lowest BCUT2D eigenvalue weighted by molar-refractivity contribution is -0.152. The van der Waals surface area contributed by atoms with E-state index in [-0.39, 0.29) is 11.9 Å². The number of carbonyl (C=O) groups is 2. The lowest BCUT2D eigenvalue weighted by Gasteiger charge is -2.22. The van der Waals surface area contributed by atoms with Crippen molar-refractivity contribution in [2.24, 2.45) is 5.73 Å². The Balaban J connectivity index is 2.71. The molecule has 0 bridgehead atoms. The van der Waals surface area contributed by atoms with Gasteiger partial charge >= 0.3 is 5.97 Å². The van der Waals surface area contributed by atoms with Crippen molar-refractivity contribution in [3.05, 3.63) is 12.4 Å². The Hall–Kier alpha value is -1.54. The summed E-state index contributed by atoms with van der Waals surface area (Å²) >= 11 is 1.64. The number of esters is 1. The van der Waals surface area contributed by atoms with Gasteiger partial charge in [-0.05, 0) is 39.2 Å². The van der Waals surface area contributed by atoms with Crippen LogP contribution in [0.15, 0.2) is 12.4 Å². The van der Waals surface area contributed by atoms with Crippen LogP contribution in [0.5, 0.6) is 0 Å². The monoisotopic (exact) mass is 328 g/mol. The van der Waals surface area contributed by atoms with Crippen molar-refractivity contribution < 1.29 is 14.3 Å². The van der Waals surface area contributed by atoms with Gasteiger partial charge in [-0.15, -0.1) is 0 Å². The normalized spacial score (nSPS) is 12.8. The third kappa shape index (κ3) is 4.74. The van der Waals surface area contributed by atoms with Gasteiger partial charge < -0.3 is 15.8 Å². The Morgan fingerprint density at radius 1 is 1.55 bits per heavy atom. The topological polar surface area (TPSA) is 99.2 Å². The zero-order chi connectivity index (χ0) is 16.8. The molecular weight excluding hydrogens is 304 g/mol. The molecule has 0 aliphatic carbocycles. The standard InChI is InChI=1S/C14H24N4O3S/c1-5-21-13(20)14(2,3)18-9-10(8-16-18)17-12(19)11(15)6-7-22-4/h8-9,11H,5-7,15H2,1-4H3,(H,17,19)/t11-/m0/s1. The molecule has 0 saturated carbocycles. The maximum absolute atomic E-state index is 11.9. The van der Waals surface area contributed by atoms with E-state index in [4.69, 9.17) is 10.5 Å². The first-order valence-corrected chi connectivity index (χ1v) is 8.50. The molecule has 1 aromatic heterocycles. The van der Waals surface area contributed by atoms with E-state index in [2.05, 4.69) is 10.4 Å². The molecule has 0 aliphatic heterocycles. The van der Waals surface area contributed by atoms with E-state index >= 15 is 0 Å². The largest absolute Gasteiger partial charge is 0.464 e. The number of thioether (sulfide) groups is 1. The van der Waals surface area contributed by atoms with Gasteiger partial charge in [0, 0.05) is 6.20 Å². The molecule has 0 aliphatic rings. The lowest BCUT2D eigenvalue weighted by Crippen LogP contribution is -2.38. The molecule has 1 amide bonds. The van der Waals surface area contributed by atoms with E-state index in [9.17, 15) is 9.59 Å². The highest BCUT2D eigenvalue weighted by atomic mass is 32.2. The van der Waals surface area contributed by atoms with Crippen molar-refractivity contribution in [2.45, 2.75) is 38.8 Å². The SMILES string of the molecule is CCOC(=O)C(C)(C)n1cc(NC(=O)[C@@H](N)CCSC)cn1. The minimum absolute atomic E-state index is 0.262. The summed E-state index contributed by atoms with van der Waals surface area (Å²) in [7, 11) is 0. The van der Waals surface area contributed by atoms with Crippen molar-refractivity contribution in [1.29, 1.82) is 0 Å². The minimum Gasteiger partial charge on any atom is -0.464 e. The van der Waals surface area contributed by atoms with Crippen molar-refractivity contribution in [3.63, 3.8) is 0 Å². The molecule has 0 unspecified atom stereocenters. The van der Waals surface area contributed by atoms with E-state index in [0.717, 1.165) is 5.75 Å². The van der Waals surface area contributed by atoms with Crippen LogP contribution in [0.3, 0.4) is 0 Å². The Morgan fingerprint density at radius 2 is 2.23 bits per heavy atom. The number of nitrogens with one attached hydrogen (secondary N) is 1. The van der Waals surface area contributed by atoms with E-state index in [1.807, 2.05) is 6.26 Å². The molecule has 3 N–H and O–H groups in total. The highest BCUT2D eigenvalue weighted by Gasteiger charge is 2.32. The molecule has 0 spiro atoms. The van der Waals surface area contributed by atoms with Gasteiger partial charge in [0.05, 0.1) is 24.5 Å². The second-order valence-corrected chi connectivity index (χ2v) is 6.32. The van der Waals surface area contributed by atoms with Crippen molar-refractivity contribution in [3.8, 4) is 0 Å². The Bertz CT molecular complexity index is 516. The first-order valence-electron chi connectivity index (χ1n) is 7.10. The van der Waals surface area contributed by atoms with Crippen LogP contribution in [-0.4, -0.2) is 46.3 Å². The summed E-state index contributed by atoms with van der Waals surface area (Å²) in [5, 5.41) is 6.83. The highest BCUT2D eigenvalue weighted by molar-refractivity contribution is 7.98. The van der Waals surface area contributed by atoms with Crippen LogP contribution < -0.4 is 11.1 Å². The van der Waals surface area contributed by atoms with Crippen LogP contribution >= 0.6 is 11.8 Å². The Labute approximate surface area is 135 Å². The summed E-state index contributed by atoms with van der Waals surface area (Å²) in [6.07, 6.45) is 5.65.